The highest BCUT2D eigenvalue weighted by Crippen LogP contribution is 2.54. The summed E-state index contributed by atoms with van der Waals surface area (Å²) < 4.78 is 28.8. The summed E-state index contributed by atoms with van der Waals surface area (Å²) in [6.45, 7) is 2.03. The summed E-state index contributed by atoms with van der Waals surface area (Å²) in [5, 5.41) is 9.49. The van der Waals surface area contributed by atoms with E-state index in [9.17, 15) is 13.5 Å². The summed E-state index contributed by atoms with van der Waals surface area (Å²) in [4.78, 5) is 4.05. The molecule has 0 aliphatic heterocycles. The number of sulfonamides is 1. The van der Waals surface area contributed by atoms with Crippen LogP contribution in [0.15, 0.2) is 17.6 Å². The molecule has 0 amide bonds. The Balaban J connectivity index is 1.76. The van der Waals surface area contributed by atoms with Crippen LogP contribution in [0.4, 0.5) is 0 Å². The van der Waals surface area contributed by atoms with Crippen molar-refractivity contribution >= 4 is 27.5 Å². The highest BCUT2D eigenvalue weighted by Gasteiger charge is 2.36. The molecule has 1 N–H and O–H groups in total. The zero-order valence-corrected chi connectivity index (χ0v) is 14.8. The van der Waals surface area contributed by atoms with Crippen molar-refractivity contribution in [2.24, 2.45) is 0 Å². The van der Waals surface area contributed by atoms with Gasteiger partial charge >= 0.3 is 0 Å². The summed E-state index contributed by atoms with van der Waals surface area (Å²) in [5.41, 5.74) is 1.12. The summed E-state index contributed by atoms with van der Waals surface area (Å²) in [6, 6.07) is 0. The average Bonchev–Trinajstić information content (AvgIpc) is 3.31. The van der Waals surface area contributed by atoms with E-state index in [-0.39, 0.29) is 5.03 Å². The van der Waals surface area contributed by atoms with E-state index in [1.54, 1.807) is 15.3 Å². The first-order valence-corrected chi connectivity index (χ1v) is 10.7. The predicted octanol–water partition coefficient (Wildman–Crippen LogP) is 1.77. The zero-order chi connectivity index (χ0) is 15.0. The Morgan fingerprint density at radius 1 is 1.38 bits per heavy atom. The largest absolute Gasteiger partial charge is 0.392 e. The van der Waals surface area contributed by atoms with Crippen molar-refractivity contribution in [3.63, 3.8) is 0 Å². The van der Waals surface area contributed by atoms with Gasteiger partial charge in [0.05, 0.1) is 12.4 Å². The van der Waals surface area contributed by atoms with Crippen molar-refractivity contribution in [2.45, 2.75) is 61.6 Å². The van der Waals surface area contributed by atoms with Crippen molar-refractivity contribution in [2.75, 3.05) is 0 Å². The van der Waals surface area contributed by atoms with Crippen molar-refractivity contribution in [3.05, 3.63) is 12.5 Å². The first-order chi connectivity index (χ1) is 9.95. The van der Waals surface area contributed by atoms with Crippen LogP contribution >= 0.6 is 17.5 Å². The van der Waals surface area contributed by atoms with E-state index in [2.05, 4.69) is 4.98 Å². The number of rotatable bonds is 8. The van der Waals surface area contributed by atoms with Crippen LogP contribution in [-0.2, 0) is 16.6 Å². The van der Waals surface area contributed by atoms with E-state index in [0.29, 0.717) is 35.3 Å². The molecule has 1 aromatic rings. The van der Waals surface area contributed by atoms with Gasteiger partial charge in [0, 0.05) is 12.7 Å². The molecule has 9 heteroatoms. The van der Waals surface area contributed by atoms with Crippen LogP contribution in [0.1, 0.15) is 32.6 Å². The number of aliphatic hydroxyl groups excluding tert-OH is 1. The van der Waals surface area contributed by atoms with Gasteiger partial charge in [-0.1, -0.05) is 0 Å². The lowest BCUT2D eigenvalue weighted by Crippen LogP contribution is -2.18. The third kappa shape index (κ3) is 4.23. The fourth-order valence-corrected chi connectivity index (χ4v) is 8.01. The molecule has 0 bridgehead atoms. The molecule has 0 spiro atoms. The second kappa shape index (κ2) is 6.21. The number of aromatic nitrogens is 2. The Hall–Kier alpha value is -0.0600. The molecule has 2 unspecified atom stereocenters. The molecule has 21 heavy (non-hydrogen) atoms. The quantitative estimate of drug-likeness (QED) is 0.726. The maximum absolute atomic E-state index is 12.8. The van der Waals surface area contributed by atoms with Crippen molar-refractivity contribution in [3.8, 4) is 0 Å². The van der Waals surface area contributed by atoms with Crippen LogP contribution in [0.5, 0.6) is 0 Å². The van der Waals surface area contributed by atoms with Gasteiger partial charge in [0.25, 0.3) is 10.0 Å². The average molecular weight is 349 g/mol. The molecule has 2 fully saturated rings. The van der Waals surface area contributed by atoms with Crippen LogP contribution < -0.4 is 0 Å². The molecule has 0 saturated heterocycles. The minimum absolute atomic E-state index is 0.115. The third-order valence-electron chi connectivity index (χ3n) is 3.34. The van der Waals surface area contributed by atoms with Crippen LogP contribution in [-0.4, -0.2) is 44.3 Å². The predicted molar refractivity (Wildman–Crippen MR) is 85.6 cm³/mol. The van der Waals surface area contributed by atoms with Crippen molar-refractivity contribution < 1.29 is 13.5 Å². The van der Waals surface area contributed by atoms with Gasteiger partial charge in [-0.3, -0.25) is 0 Å². The summed E-state index contributed by atoms with van der Waals surface area (Å²) in [5.74, 6) is 0. The Morgan fingerprint density at radius 3 is 2.43 bits per heavy atom. The van der Waals surface area contributed by atoms with Crippen LogP contribution in [0.3, 0.4) is 0 Å². The van der Waals surface area contributed by atoms with Gasteiger partial charge in [-0.05, 0) is 61.4 Å². The first-order valence-electron chi connectivity index (χ1n) is 7.22. The Labute approximate surface area is 129 Å². The van der Waals surface area contributed by atoms with E-state index in [1.807, 2.05) is 0 Å². The fraction of sp³-hybridized carbons (Fsp3) is 0.750. The molecule has 118 valence electrons. The molecular formula is C12H21N3O3P2S. The summed E-state index contributed by atoms with van der Waals surface area (Å²) in [7, 11) is -2.75. The van der Waals surface area contributed by atoms with Crippen LogP contribution in [0, 0.1) is 0 Å². The first kappa shape index (κ1) is 15.8. The number of nitrogens with zero attached hydrogens (tertiary/aromatic N) is 3. The zero-order valence-electron chi connectivity index (χ0n) is 11.9. The van der Waals surface area contributed by atoms with Gasteiger partial charge in [0.2, 0.25) is 0 Å². The van der Waals surface area contributed by atoms with E-state index in [4.69, 9.17) is 0 Å². The van der Waals surface area contributed by atoms with Crippen LogP contribution in [0.25, 0.3) is 0 Å². The van der Waals surface area contributed by atoms with Gasteiger partial charge in [0.15, 0.2) is 5.03 Å². The highest BCUT2D eigenvalue weighted by molar-refractivity contribution is 7.97. The molecule has 1 heterocycles. The van der Waals surface area contributed by atoms with Crippen molar-refractivity contribution in [1.82, 2.24) is 13.4 Å². The maximum atomic E-state index is 12.8. The SMILES string of the molecule is C[C@@H](O)Cn1cnc(S(=O)(=O)N(PC2CC2)PC2CC2)c1. The fourth-order valence-electron chi connectivity index (χ4n) is 1.90. The molecule has 6 nitrogen and oxygen atoms in total. The molecule has 3 atom stereocenters. The molecule has 3 rings (SSSR count). The lowest BCUT2D eigenvalue weighted by Gasteiger charge is -2.20. The topological polar surface area (TPSA) is 75.4 Å². The van der Waals surface area contributed by atoms with Gasteiger partial charge in [-0.2, -0.15) is 3.85 Å². The minimum Gasteiger partial charge on any atom is -0.392 e. The second-order valence-corrected chi connectivity index (χ2v) is 11.7. The van der Waals surface area contributed by atoms with E-state index < -0.39 is 16.1 Å². The standard InChI is InChI=1S/C12H21N3O3P2S/c1-9(16)6-14-7-12(13-8-14)21(17,18)15(19-10-2-3-10)20-11-4-5-11/h7-11,16,19-20H,2-6H2,1H3/t9-/m1/s1. The Morgan fingerprint density at radius 2 is 1.95 bits per heavy atom. The van der Waals surface area contributed by atoms with E-state index in [1.165, 1.54) is 12.5 Å². The Bertz CT molecular complexity index is 583. The molecule has 0 radical (unpaired) electrons. The van der Waals surface area contributed by atoms with Crippen LogP contribution in [0.2, 0.25) is 0 Å². The lowest BCUT2D eigenvalue weighted by atomic mass is 10.4. The molecule has 0 aromatic carbocycles. The van der Waals surface area contributed by atoms with Crippen molar-refractivity contribution in [1.29, 1.82) is 0 Å². The third-order valence-corrected chi connectivity index (χ3v) is 9.77. The Kier molecular flexibility index (Phi) is 4.68. The number of imidazole rings is 1. The molecule has 2 aliphatic carbocycles. The number of aliphatic hydroxyl groups is 1. The highest BCUT2D eigenvalue weighted by atomic mass is 32.2. The molecular weight excluding hydrogens is 328 g/mol. The monoisotopic (exact) mass is 349 g/mol. The number of hydrogen-bond donors (Lipinski definition) is 1. The lowest BCUT2D eigenvalue weighted by molar-refractivity contribution is 0.173. The molecule has 1 aromatic heterocycles. The molecule has 2 aliphatic rings. The molecule has 2 saturated carbocycles. The van der Waals surface area contributed by atoms with E-state index >= 15 is 0 Å². The summed E-state index contributed by atoms with van der Waals surface area (Å²) in [6.07, 6.45) is 7.09. The van der Waals surface area contributed by atoms with Gasteiger partial charge in [-0.15, -0.1) is 0 Å². The second-order valence-electron chi connectivity index (χ2n) is 5.83. The van der Waals surface area contributed by atoms with Gasteiger partial charge in [-0.25, -0.2) is 13.4 Å². The smallest absolute Gasteiger partial charge is 0.268 e. The van der Waals surface area contributed by atoms with Gasteiger partial charge < -0.3 is 9.67 Å². The number of hydrogen-bond acceptors (Lipinski definition) is 4. The minimum atomic E-state index is -3.48. The summed E-state index contributed by atoms with van der Waals surface area (Å²) >= 11 is 0. The van der Waals surface area contributed by atoms with E-state index in [0.717, 1.165) is 25.7 Å². The normalized spacial score (nSPS) is 22.0. The van der Waals surface area contributed by atoms with Gasteiger partial charge in [0.1, 0.15) is 0 Å². The maximum Gasteiger partial charge on any atom is 0.268 e.